The molecule has 2 rings (SSSR count). The molecule has 0 aliphatic carbocycles. The zero-order chi connectivity index (χ0) is 17.5. The van der Waals surface area contributed by atoms with Gasteiger partial charge in [0, 0.05) is 19.0 Å². The molecule has 3 amide bonds. The number of rotatable bonds is 5. The van der Waals surface area contributed by atoms with Gasteiger partial charge in [-0.3, -0.25) is 19.2 Å². The van der Waals surface area contributed by atoms with E-state index in [1.807, 2.05) is 0 Å². The average molecular weight is 331 g/mol. The Balaban J connectivity index is 2.04. The zero-order valence-corrected chi connectivity index (χ0v) is 13.6. The molecule has 0 radical (unpaired) electrons. The lowest BCUT2D eigenvalue weighted by Gasteiger charge is -2.31. The molecule has 0 saturated carbocycles. The Morgan fingerprint density at radius 1 is 1.25 bits per heavy atom. The van der Waals surface area contributed by atoms with E-state index in [1.54, 1.807) is 29.2 Å². The zero-order valence-electron chi connectivity index (χ0n) is 13.6. The highest BCUT2D eigenvalue weighted by atomic mass is 16.6. The summed E-state index contributed by atoms with van der Waals surface area (Å²) in [6, 6.07) is 6.84. The molecule has 24 heavy (non-hydrogen) atoms. The first-order valence-electron chi connectivity index (χ1n) is 7.71. The highest BCUT2D eigenvalue weighted by molar-refractivity contribution is 6.06. The minimum atomic E-state index is -0.370. The van der Waals surface area contributed by atoms with Gasteiger partial charge in [0.2, 0.25) is 11.8 Å². The van der Waals surface area contributed by atoms with E-state index in [2.05, 4.69) is 22.2 Å². The summed E-state index contributed by atoms with van der Waals surface area (Å²) in [4.78, 5) is 42.3. The van der Waals surface area contributed by atoms with E-state index in [-0.39, 0.29) is 23.6 Å². The van der Waals surface area contributed by atoms with E-state index in [0.29, 0.717) is 37.2 Å². The molecule has 1 aromatic carbocycles. The van der Waals surface area contributed by atoms with Gasteiger partial charge in [-0.2, -0.15) is 0 Å². The molecule has 1 heterocycles. The van der Waals surface area contributed by atoms with Crippen LogP contribution in [0.3, 0.4) is 0 Å². The molecule has 128 valence electrons. The van der Waals surface area contributed by atoms with Gasteiger partial charge in [-0.15, -0.1) is 0 Å². The Morgan fingerprint density at radius 2 is 1.92 bits per heavy atom. The number of hydroxylamine groups is 1. The first kappa shape index (κ1) is 17.7. The molecule has 1 aliphatic heterocycles. The second kappa shape index (κ2) is 8.26. The van der Waals surface area contributed by atoms with Gasteiger partial charge in [0.15, 0.2) is 0 Å². The number of hydrogen-bond donors (Lipinski definition) is 2. The summed E-state index contributed by atoms with van der Waals surface area (Å²) in [6.45, 7) is 4.36. The topological polar surface area (TPSA) is 87.7 Å². The monoisotopic (exact) mass is 331 g/mol. The van der Waals surface area contributed by atoms with Crippen LogP contribution in [-0.4, -0.2) is 42.8 Å². The van der Waals surface area contributed by atoms with E-state index in [0.717, 1.165) is 6.08 Å². The minimum Gasteiger partial charge on any atom is -0.339 e. The number of nitrogens with zero attached hydrogens (tertiary/aromatic N) is 1. The van der Waals surface area contributed by atoms with Crippen molar-refractivity contribution in [2.75, 3.05) is 25.5 Å². The Morgan fingerprint density at radius 3 is 2.54 bits per heavy atom. The molecule has 7 heteroatoms. The SMILES string of the molecule is C=CC(=O)Nc1ccccc1C(=O)N1CCC(C(=O)NOC)CC1. The summed E-state index contributed by atoms with van der Waals surface area (Å²) < 4.78 is 0. The Bertz CT molecular complexity index is 636. The highest BCUT2D eigenvalue weighted by Crippen LogP contribution is 2.22. The van der Waals surface area contributed by atoms with Crippen LogP contribution in [0.2, 0.25) is 0 Å². The van der Waals surface area contributed by atoms with Crippen LogP contribution < -0.4 is 10.8 Å². The number of carbonyl (C=O) groups excluding carboxylic acids is 3. The lowest BCUT2D eigenvalue weighted by atomic mass is 9.95. The maximum absolute atomic E-state index is 12.7. The Labute approximate surface area is 140 Å². The molecule has 0 bridgehead atoms. The molecular weight excluding hydrogens is 310 g/mol. The summed E-state index contributed by atoms with van der Waals surface area (Å²) in [7, 11) is 1.39. The largest absolute Gasteiger partial charge is 0.339 e. The number of amides is 3. The lowest BCUT2D eigenvalue weighted by molar-refractivity contribution is -0.136. The average Bonchev–Trinajstić information content (AvgIpc) is 2.62. The molecule has 7 nitrogen and oxygen atoms in total. The fourth-order valence-electron chi connectivity index (χ4n) is 2.66. The summed E-state index contributed by atoms with van der Waals surface area (Å²) in [5.41, 5.74) is 3.20. The maximum atomic E-state index is 12.7. The quantitative estimate of drug-likeness (QED) is 0.629. The number of likely N-dealkylation sites (tertiary alicyclic amines) is 1. The smallest absolute Gasteiger partial charge is 0.255 e. The van der Waals surface area contributed by atoms with E-state index in [9.17, 15) is 14.4 Å². The van der Waals surface area contributed by atoms with Gasteiger partial charge < -0.3 is 10.2 Å². The molecule has 2 N–H and O–H groups in total. The number of benzene rings is 1. The fourth-order valence-corrected chi connectivity index (χ4v) is 2.66. The van der Waals surface area contributed by atoms with Crippen LogP contribution in [-0.2, 0) is 14.4 Å². The van der Waals surface area contributed by atoms with Crippen molar-refractivity contribution in [3.63, 3.8) is 0 Å². The van der Waals surface area contributed by atoms with Crippen LogP contribution in [0.15, 0.2) is 36.9 Å². The summed E-state index contributed by atoms with van der Waals surface area (Å²) in [5.74, 6) is -0.862. The van der Waals surface area contributed by atoms with E-state index in [1.165, 1.54) is 7.11 Å². The minimum absolute atomic E-state index is 0.162. The molecule has 0 aromatic heterocycles. The predicted molar refractivity (Wildman–Crippen MR) is 89.0 cm³/mol. The maximum Gasteiger partial charge on any atom is 0.255 e. The third kappa shape index (κ3) is 4.20. The molecule has 1 aromatic rings. The van der Waals surface area contributed by atoms with Crippen molar-refractivity contribution in [1.82, 2.24) is 10.4 Å². The van der Waals surface area contributed by atoms with E-state index in [4.69, 9.17) is 0 Å². The van der Waals surface area contributed by atoms with Crippen LogP contribution in [0, 0.1) is 5.92 Å². The van der Waals surface area contributed by atoms with Gasteiger partial charge in [-0.05, 0) is 31.1 Å². The number of anilines is 1. The number of para-hydroxylation sites is 1. The van der Waals surface area contributed by atoms with Crippen molar-refractivity contribution < 1.29 is 19.2 Å². The van der Waals surface area contributed by atoms with Crippen LogP contribution >= 0.6 is 0 Å². The van der Waals surface area contributed by atoms with Crippen LogP contribution in [0.25, 0.3) is 0 Å². The fraction of sp³-hybridized carbons (Fsp3) is 0.353. The van der Waals surface area contributed by atoms with Gasteiger partial charge in [0.1, 0.15) is 0 Å². The van der Waals surface area contributed by atoms with Crippen molar-refractivity contribution >= 4 is 23.4 Å². The van der Waals surface area contributed by atoms with Crippen molar-refractivity contribution in [2.24, 2.45) is 5.92 Å². The number of carbonyl (C=O) groups is 3. The molecule has 0 unspecified atom stereocenters. The first-order valence-corrected chi connectivity index (χ1v) is 7.71. The second-order valence-electron chi connectivity index (χ2n) is 5.48. The lowest BCUT2D eigenvalue weighted by Crippen LogP contribution is -2.43. The van der Waals surface area contributed by atoms with Gasteiger partial charge >= 0.3 is 0 Å². The van der Waals surface area contributed by atoms with Crippen LogP contribution in [0.4, 0.5) is 5.69 Å². The molecule has 1 fully saturated rings. The Hall–Kier alpha value is -2.67. The Kier molecular flexibility index (Phi) is 6.08. The van der Waals surface area contributed by atoms with Crippen molar-refractivity contribution in [1.29, 1.82) is 0 Å². The second-order valence-corrected chi connectivity index (χ2v) is 5.48. The highest BCUT2D eigenvalue weighted by Gasteiger charge is 2.28. The third-order valence-corrected chi connectivity index (χ3v) is 3.96. The van der Waals surface area contributed by atoms with Gasteiger partial charge in [-0.1, -0.05) is 18.7 Å². The first-order chi connectivity index (χ1) is 11.6. The van der Waals surface area contributed by atoms with Gasteiger partial charge in [0.25, 0.3) is 5.91 Å². The number of piperidine rings is 1. The van der Waals surface area contributed by atoms with Crippen LogP contribution in [0.5, 0.6) is 0 Å². The molecule has 1 saturated heterocycles. The van der Waals surface area contributed by atoms with Crippen molar-refractivity contribution in [3.8, 4) is 0 Å². The summed E-state index contributed by atoms with van der Waals surface area (Å²) in [5, 5.41) is 2.64. The predicted octanol–water partition coefficient (Wildman–Crippen LogP) is 1.34. The standard InChI is InChI=1S/C17H21N3O4/c1-3-15(21)18-14-7-5-4-6-13(14)17(23)20-10-8-12(9-11-20)16(22)19-24-2/h3-7,12H,1,8-11H2,2H3,(H,18,21)(H,19,22). The van der Waals surface area contributed by atoms with E-state index < -0.39 is 0 Å². The summed E-state index contributed by atoms with van der Waals surface area (Å²) >= 11 is 0. The van der Waals surface area contributed by atoms with Crippen LogP contribution in [0.1, 0.15) is 23.2 Å². The number of hydrogen-bond acceptors (Lipinski definition) is 4. The molecule has 0 spiro atoms. The van der Waals surface area contributed by atoms with Crippen molar-refractivity contribution in [2.45, 2.75) is 12.8 Å². The molecular formula is C17H21N3O4. The van der Waals surface area contributed by atoms with E-state index >= 15 is 0 Å². The molecule has 1 aliphatic rings. The number of nitrogens with one attached hydrogen (secondary N) is 2. The van der Waals surface area contributed by atoms with Gasteiger partial charge in [0.05, 0.1) is 18.4 Å². The van der Waals surface area contributed by atoms with Crippen molar-refractivity contribution in [3.05, 3.63) is 42.5 Å². The normalized spacial score (nSPS) is 14.8. The van der Waals surface area contributed by atoms with Gasteiger partial charge in [-0.25, -0.2) is 5.48 Å². The summed E-state index contributed by atoms with van der Waals surface area (Å²) in [6.07, 6.45) is 2.30. The molecule has 0 atom stereocenters. The third-order valence-electron chi connectivity index (χ3n) is 3.96.